The zero-order valence-corrected chi connectivity index (χ0v) is 50.2. The first-order valence-electron chi connectivity index (χ1n) is 33.0. The van der Waals surface area contributed by atoms with E-state index in [9.17, 15) is 30.3 Å². The molecule has 0 spiro atoms. The molecule has 9 nitrogen and oxygen atoms in total. The van der Waals surface area contributed by atoms with Crippen LogP contribution >= 0.6 is 0 Å². The van der Waals surface area contributed by atoms with Gasteiger partial charge in [-0.2, -0.15) is 0 Å². The van der Waals surface area contributed by atoms with Crippen molar-refractivity contribution < 1.29 is 39.8 Å². The monoisotopic (exact) mass is 1080 g/mol. The molecular formula is C68H125NO8. The molecule has 77 heavy (non-hydrogen) atoms. The Morgan fingerprint density at radius 2 is 0.805 bits per heavy atom. The fourth-order valence-corrected chi connectivity index (χ4v) is 10.4. The fourth-order valence-electron chi connectivity index (χ4n) is 10.4. The summed E-state index contributed by atoms with van der Waals surface area (Å²) in [6, 6.07) is -0.807. The number of aliphatic hydroxyl groups excluding tert-OH is 5. The van der Waals surface area contributed by atoms with Gasteiger partial charge in [0.2, 0.25) is 5.91 Å². The second-order valence-electron chi connectivity index (χ2n) is 22.9. The molecule has 0 aliphatic carbocycles. The molecule has 0 bridgehead atoms. The highest BCUT2D eigenvalue weighted by Gasteiger charge is 2.44. The Morgan fingerprint density at radius 3 is 1.19 bits per heavy atom. The van der Waals surface area contributed by atoms with Gasteiger partial charge in [-0.1, -0.05) is 306 Å². The number of ether oxygens (including phenoxy) is 2. The lowest BCUT2D eigenvalue weighted by Gasteiger charge is -2.40. The molecule has 0 aromatic rings. The minimum absolute atomic E-state index is 0.174. The summed E-state index contributed by atoms with van der Waals surface area (Å²) in [7, 11) is 0. The van der Waals surface area contributed by atoms with Gasteiger partial charge in [0.15, 0.2) is 6.29 Å². The Bertz CT molecular complexity index is 1400. The number of amides is 1. The summed E-state index contributed by atoms with van der Waals surface area (Å²) in [5.41, 5.74) is 0. The number of nitrogens with one attached hydrogen (secondary N) is 1. The zero-order chi connectivity index (χ0) is 55.8. The lowest BCUT2D eigenvalue weighted by atomic mass is 9.99. The molecule has 0 saturated carbocycles. The average molecular weight is 1080 g/mol. The summed E-state index contributed by atoms with van der Waals surface area (Å²) in [6.07, 6.45) is 71.6. The molecule has 1 rings (SSSR count). The minimum atomic E-state index is -1.57. The summed E-state index contributed by atoms with van der Waals surface area (Å²) >= 11 is 0. The molecule has 1 saturated heterocycles. The second kappa shape index (κ2) is 57.1. The first-order chi connectivity index (χ1) is 37.8. The third-order valence-electron chi connectivity index (χ3n) is 15.6. The van der Waals surface area contributed by atoms with E-state index in [1.54, 1.807) is 6.08 Å². The van der Waals surface area contributed by atoms with Crippen LogP contribution in [0.25, 0.3) is 0 Å². The predicted octanol–water partition coefficient (Wildman–Crippen LogP) is 17.4. The number of rotatable bonds is 57. The lowest BCUT2D eigenvalue weighted by molar-refractivity contribution is -0.302. The number of hydrogen-bond donors (Lipinski definition) is 6. The molecule has 0 radical (unpaired) electrons. The fraction of sp³-hybridized carbons (Fsp3) is 0.838. The Morgan fingerprint density at radius 1 is 0.455 bits per heavy atom. The Hall–Kier alpha value is -2.11. The second-order valence-corrected chi connectivity index (χ2v) is 22.9. The molecular weight excluding hydrogens is 959 g/mol. The number of allylic oxidation sites excluding steroid dienone is 9. The first kappa shape index (κ1) is 72.9. The summed E-state index contributed by atoms with van der Waals surface area (Å²) in [5.74, 6) is -0.174. The maximum absolute atomic E-state index is 13.1. The van der Waals surface area contributed by atoms with Gasteiger partial charge in [0.25, 0.3) is 0 Å². The summed E-state index contributed by atoms with van der Waals surface area (Å²) in [4.78, 5) is 13.1. The highest BCUT2D eigenvalue weighted by molar-refractivity contribution is 5.76. The van der Waals surface area contributed by atoms with Gasteiger partial charge in [0, 0.05) is 6.42 Å². The van der Waals surface area contributed by atoms with Crippen molar-refractivity contribution in [2.75, 3.05) is 13.2 Å². The summed E-state index contributed by atoms with van der Waals surface area (Å²) < 4.78 is 11.3. The predicted molar refractivity (Wildman–Crippen MR) is 327 cm³/mol. The van der Waals surface area contributed by atoms with E-state index in [0.29, 0.717) is 6.42 Å². The van der Waals surface area contributed by atoms with Gasteiger partial charge >= 0.3 is 0 Å². The molecule has 1 amide bonds. The molecule has 1 fully saturated rings. The first-order valence-corrected chi connectivity index (χ1v) is 33.0. The normalized spacial score (nSPS) is 19.1. The standard InChI is InChI=1S/C68H125NO8/c1-3-5-7-9-11-13-15-17-19-21-23-25-27-29-30-31-32-34-36-38-40-42-44-46-48-50-52-54-56-58-64(72)69-61(60-76-68-67(75)66(74)65(73)63(59-70)77-68)62(71)57-55-53-51-49-47-45-43-41-39-37-35-33-28-26-24-22-20-18-16-14-12-10-8-6-4-2/h5,7,11,13,17,19,23,25,55,57,61-63,65-68,70-71,73-75H,3-4,6,8-10,12,14-16,18,20-22,24,26-54,56,58-60H2,1-2H3,(H,69,72)/b7-5-,13-11-,19-17-,25-23-,57-55+. The number of carbonyl (C=O) groups excluding carboxylic acids is 1. The Balaban J connectivity index is 2.16. The molecule has 9 heteroatoms. The number of aliphatic hydroxyl groups is 5. The van der Waals surface area contributed by atoms with Crippen LogP contribution in [-0.4, -0.2) is 87.5 Å². The van der Waals surface area contributed by atoms with Crippen LogP contribution in [0.1, 0.15) is 309 Å². The number of hydrogen-bond acceptors (Lipinski definition) is 8. The minimum Gasteiger partial charge on any atom is -0.394 e. The van der Waals surface area contributed by atoms with Crippen molar-refractivity contribution in [2.24, 2.45) is 0 Å². The largest absolute Gasteiger partial charge is 0.394 e. The van der Waals surface area contributed by atoms with Crippen molar-refractivity contribution >= 4 is 5.91 Å². The van der Waals surface area contributed by atoms with Crippen LogP contribution < -0.4 is 5.32 Å². The Labute approximate surface area is 475 Å². The van der Waals surface area contributed by atoms with Crippen LogP contribution in [-0.2, 0) is 14.3 Å². The summed E-state index contributed by atoms with van der Waals surface area (Å²) in [6.45, 7) is 3.71. The van der Waals surface area contributed by atoms with Gasteiger partial charge in [-0.15, -0.1) is 0 Å². The van der Waals surface area contributed by atoms with Crippen LogP contribution in [0.2, 0.25) is 0 Å². The van der Waals surface area contributed by atoms with Gasteiger partial charge in [-0.25, -0.2) is 0 Å². The quantitative estimate of drug-likeness (QED) is 0.0261. The van der Waals surface area contributed by atoms with Crippen LogP contribution in [0.5, 0.6) is 0 Å². The Kier molecular flexibility index (Phi) is 54.1. The van der Waals surface area contributed by atoms with E-state index in [2.05, 4.69) is 67.8 Å². The van der Waals surface area contributed by atoms with Gasteiger partial charge in [-0.3, -0.25) is 4.79 Å². The van der Waals surface area contributed by atoms with E-state index >= 15 is 0 Å². The van der Waals surface area contributed by atoms with Crippen LogP contribution in [0.3, 0.4) is 0 Å². The van der Waals surface area contributed by atoms with E-state index in [0.717, 1.165) is 64.2 Å². The molecule has 6 N–H and O–H groups in total. The van der Waals surface area contributed by atoms with Crippen molar-refractivity contribution in [3.63, 3.8) is 0 Å². The van der Waals surface area contributed by atoms with Crippen molar-refractivity contribution in [3.05, 3.63) is 60.8 Å². The van der Waals surface area contributed by atoms with Crippen LogP contribution in [0.15, 0.2) is 60.8 Å². The highest BCUT2D eigenvalue weighted by Crippen LogP contribution is 2.23. The smallest absolute Gasteiger partial charge is 0.220 e. The molecule has 1 heterocycles. The van der Waals surface area contributed by atoms with E-state index in [1.807, 2.05) is 6.08 Å². The molecule has 0 aromatic carbocycles. The maximum Gasteiger partial charge on any atom is 0.220 e. The molecule has 450 valence electrons. The van der Waals surface area contributed by atoms with E-state index in [1.165, 1.54) is 225 Å². The van der Waals surface area contributed by atoms with Crippen LogP contribution in [0, 0.1) is 0 Å². The topological polar surface area (TPSA) is 149 Å². The van der Waals surface area contributed by atoms with E-state index in [-0.39, 0.29) is 12.5 Å². The zero-order valence-electron chi connectivity index (χ0n) is 50.2. The maximum atomic E-state index is 13.1. The molecule has 7 unspecified atom stereocenters. The summed E-state index contributed by atoms with van der Waals surface area (Å²) in [5, 5.41) is 54.7. The molecule has 1 aliphatic heterocycles. The van der Waals surface area contributed by atoms with Crippen LogP contribution in [0.4, 0.5) is 0 Å². The van der Waals surface area contributed by atoms with Crippen molar-refractivity contribution in [1.82, 2.24) is 5.32 Å². The van der Waals surface area contributed by atoms with Crippen molar-refractivity contribution in [2.45, 2.75) is 352 Å². The van der Waals surface area contributed by atoms with E-state index < -0.39 is 49.5 Å². The van der Waals surface area contributed by atoms with Gasteiger partial charge < -0.3 is 40.3 Å². The van der Waals surface area contributed by atoms with Crippen molar-refractivity contribution in [1.29, 1.82) is 0 Å². The van der Waals surface area contributed by atoms with Crippen molar-refractivity contribution in [3.8, 4) is 0 Å². The number of unbranched alkanes of at least 4 members (excludes halogenated alkanes) is 39. The van der Waals surface area contributed by atoms with Gasteiger partial charge in [-0.05, 0) is 57.8 Å². The molecule has 0 aromatic heterocycles. The van der Waals surface area contributed by atoms with Gasteiger partial charge in [0.05, 0.1) is 25.4 Å². The molecule has 1 aliphatic rings. The highest BCUT2D eigenvalue weighted by atomic mass is 16.7. The molecule has 7 atom stereocenters. The van der Waals surface area contributed by atoms with Gasteiger partial charge in [0.1, 0.15) is 24.4 Å². The SMILES string of the molecule is CC/C=C\C/C=C\C/C=C\C/C=C\CCCCCCCCCCCCCCCCCCC(=O)NC(COC1OC(CO)C(O)C(O)C1O)C(O)/C=C/CCCCCCCCCCCCCCCCCCCCCCCCC. The third-order valence-corrected chi connectivity index (χ3v) is 15.6. The number of carbonyl (C=O) groups is 1. The average Bonchev–Trinajstić information content (AvgIpc) is 3.43. The van der Waals surface area contributed by atoms with E-state index in [4.69, 9.17) is 9.47 Å². The lowest BCUT2D eigenvalue weighted by Crippen LogP contribution is -2.60. The third kappa shape index (κ3) is 46.2.